The number of amides is 3. The van der Waals surface area contributed by atoms with Crippen molar-refractivity contribution >= 4 is 41.0 Å². The number of esters is 1. The second-order valence-corrected chi connectivity index (χ2v) is 11.8. The van der Waals surface area contributed by atoms with Crippen LogP contribution in [-0.4, -0.2) is 77.7 Å². The number of rotatable bonds is 5. The molecule has 10 nitrogen and oxygen atoms in total. The maximum Gasteiger partial charge on any atom is 0.306 e. The third-order valence-corrected chi connectivity index (χ3v) is 9.10. The Bertz CT molecular complexity index is 1500. The Labute approximate surface area is 260 Å². The van der Waals surface area contributed by atoms with Crippen molar-refractivity contribution in [3.63, 3.8) is 0 Å². The normalized spacial score (nSPS) is 31.2. The van der Waals surface area contributed by atoms with Crippen molar-refractivity contribution in [3.05, 3.63) is 89.5 Å². The number of carbonyl (C=O) groups excluding carboxylic acids is 4. The second-order valence-electron chi connectivity index (χ2n) is 11.4. The minimum Gasteiger partial charge on any atom is -0.463 e. The second kappa shape index (κ2) is 12.6. The molecule has 2 aromatic carbocycles. The van der Waals surface area contributed by atoms with E-state index in [9.17, 15) is 24.3 Å². The third-order valence-electron chi connectivity index (χ3n) is 8.78. The standard InChI is InChI=1S/C33H34ClN3O7/c34-22-12-6-7-13-24(22)36-17-8-2-5-14-26(39)43-20-23(21-10-3-1-4-11-21)35-30(40)27-25-15-16-33(44-25)28(27)31(41)37(18-9-19-38)29(33)32(36)42/h1-4,6-8,10-13,15-16,23,25,27-29,38H,5,9,14,17-20H2,(H,35,40)/b8-2-/t23-,25-,27+,28+,29-,33+/m0/s1. The van der Waals surface area contributed by atoms with Crippen molar-refractivity contribution in [1.82, 2.24) is 10.2 Å². The number of nitrogens with one attached hydrogen (secondary N) is 1. The molecule has 230 valence electrons. The van der Waals surface area contributed by atoms with Crippen LogP contribution in [0.3, 0.4) is 0 Å². The lowest BCUT2D eigenvalue weighted by atomic mass is 9.74. The number of aliphatic hydroxyl groups excluding tert-OH is 1. The lowest BCUT2D eigenvalue weighted by molar-refractivity contribution is -0.145. The quantitative estimate of drug-likeness (QED) is 0.389. The Balaban J connectivity index is 1.43. The van der Waals surface area contributed by atoms with E-state index in [2.05, 4.69) is 5.32 Å². The average Bonchev–Trinajstić information content (AvgIpc) is 3.67. The van der Waals surface area contributed by atoms with E-state index in [1.165, 1.54) is 9.80 Å². The van der Waals surface area contributed by atoms with Crippen LogP contribution in [0.1, 0.15) is 30.9 Å². The molecule has 4 heterocycles. The van der Waals surface area contributed by atoms with Crippen LogP contribution in [0.15, 0.2) is 78.9 Å². The predicted octanol–water partition coefficient (Wildman–Crippen LogP) is 2.96. The van der Waals surface area contributed by atoms with Crippen LogP contribution in [0.5, 0.6) is 0 Å². The average molecular weight is 620 g/mol. The van der Waals surface area contributed by atoms with Gasteiger partial charge in [-0.3, -0.25) is 19.2 Å². The fourth-order valence-corrected chi connectivity index (χ4v) is 7.01. The number of halogens is 1. The van der Waals surface area contributed by atoms with Gasteiger partial charge in [-0.15, -0.1) is 0 Å². The zero-order valence-electron chi connectivity index (χ0n) is 24.0. The van der Waals surface area contributed by atoms with Gasteiger partial charge < -0.3 is 29.7 Å². The Kier molecular flexibility index (Phi) is 8.57. The van der Waals surface area contributed by atoms with Crippen LogP contribution < -0.4 is 10.2 Å². The van der Waals surface area contributed by atoms with E-state index in [0.717, 1.165) is 5.56 Å². The van der Waals surface area contributed by atoms with E-state index in [1.807, 2.05) is 30.3 Å². The number of benzene rings is 2. The fraction of sp³-hybridized carbons (Fsp3) is 0.394. The summed E-state index contributed by atoms with van der Waals surface area (Å²) in [5, 5.41) is 13.0. The van der Waals surface area contributed by atoms with E-state index >= 15 is 0 Å². The number of nitrogens with zero attached hydrogens (tertiary/aromatic N) is 2. The van der Waals surface area contributed by atoms with E-state index in [-0.39, 0.29) is 45.1 Å². The lowest BCUT2D eigenvalue weighted by Crippen LogP contribution is -2.56. The summed E-state index contributed by atoms with van der Waals surface area (Å²) in [6.07, 6.45) is 7.07. The Morgan fingerprint density at radius 3 is 2.55 bits per heavy atom. The Hall–Kier alpha value is -3.99. The minimum absolute atomic E-state index is 0.0832. The molecule has 0 unspecified atom stereocenters. The van der Waals surface area contributed by atoms with Gasteiger partial charge in [0.15, 0.2) is 0 Å². The molecule has 2 aromatic rings. The number of allylic oxidation sites excluding steroid dienone is 1. The van der Waals surface area contributed by atoms with E-state index in [1.54, 1.807) is 48.6 Å². The highest BCUT2D eigenvalue weighted by Gasteiger charge is 2.73. The summed E-state index contributed by atoms with van der Waals surface area (Å²) in [4.78, 5) is 58.5. The molecule has 4 aliphatic heterocycles. The summed E-state index contributed by atoms with van der Waals surface area (Å²) in [5.41, 5.74) is -0.194. The number of fused-ring (bicyclic) bond motifs is 2. The maximum atomic E-state index is 14.7. The van der Waals surface area contributed by atoms with Gasteiger partial charge in [-0.05, 0) is 30.5 Å². The van der Waals surface area contributed by atoms with Gasteiger partial charge >= 0.3 is 5.97 Å². The first-order chi connectivity index (χ1) is 21.4. The number of anilines is 1. The molecule has 1 spiro atoms. The summed E-state index contributed by atoms with van der Waals surface area (Å²) < 4.78 is 12.0. The molecular weight excluding hydrogens is 586 g/mol. The molecule has 11 heteroatoms. The number of likely N-dealkylation sites (tertiary alicyclic amines) is 1. The van der Waals surface area contributed by atoms with Gasteiger partial charge in [-0.1, -0.05) is 78.4 Å². The van der Waals surface area contributed by atoms with Crippen LogP contribution in [0.25, 0.3) is 0 Å². The van der Waals surface area contributed by atoms with Gasteiger partial charge in [0.1, 0.15) is 18.2 Å². The zero-order valence-corrected chi connectivity index (χ0v) is 24.8. The number of carbonyl (C=O) groups is 4. The number of cyclic esters (lactones) is 1. The molecule has 5 bridgehead atoms. The van der Waals surface area contributed by atoms with Gasteiger partial charge in [-0.25, -0.2) is 0 Å². The molecule has 3 amide bonds. The monoisotopic (exact) mass is 619 g/mol. The highest BCUT2D eigenvalue weighted by atomic mass is 35.5. The smallest absolute Gasteiger partial charge is 0.306 e. The molecule has 2 N–H and O–H groups in total. The number of ether oxygens (including phenoxy) is 2. The Morgan fingerprint density at radius 2 is 1.77 bits per heavy atom. The summed E-state index contributed by atoms with van der Waals surface area (Å²) in [6.45, 7) is -0.0424. The first-order valence-electron chi connectivity index (χ1n) is 14.9. The van der Waals surface area contributed by atoms with Gasteiger partial charge in [-0.2, -0.15) is 0 Å². The van der Waals surface area contributed by atoms with E-state index in [0.29, 0.717) is 17.1 Å². The molecule has 0 aromatic heterocycles. The Morgan fingerprint density at radius 1 is 1.00 bits per heavy atom. The van der Waals surface area contributed by atoms with Crippen molar-refractivity contribution in [2.75, 3.05) is 31.2 Å². The molecule has 2 saturated heterocycles. The molecule has 6 atom stereocenters. The topological polar surface area (TPSA) is 125 Å². The van der Waals surface area contributed by atoms with Crippen molar-refractivity contribution in [1.29, 1.82) is 0 Å². The van der Waals surface area contributed by atoms with Crippen molar-refractivity contribution in [2.24, 2.45) is 11.8 Å². The van der Waals surface area contributed by atoms with Gasteiger partial charge in [0.05, 0.1) is 34.7 Å². The van der Waals surface area contributed by atoms with E-state index < -0.39 is 53.4 Å². The molecule has 0 saturated carbocycles. The lowest BCUT2D eigenvalue weighted by Gasteiger charge is -2.36. The molecular formula is C33H34ClN3O7. The van der Waals surface area contributed by atoms with Gasteiger partial charge in [0.2, 0.25) is 11.8 Å². The highest BCUT2D eigenvalue weighted by molar-refractivity contribution is 6.34. The summed E-state index contributed by atoms with van der Waals surface area (Å²) in [7, 11) is 0. The minimum atomic E-state index is -1.39. The molecule has 0 aliphatic carbocycles. The predicted molar refractivity (Wildman–Crippen MR) is 161 cm³/mol. The largest absolute Gasteiger partial charge is 0.463 e. The maximum absolute atomic E-state index is 14.7. The molecule has 6 rings (SSSR count). The van der Waals surface area contributed by atoms with Crippen molar-refractivity contribution < 1.29 is 33.8 Å². The fourth-order valence-electron chi connectivity index (χ4n) is 6.78. The van der Waals surface area contributed by atoms with Crippen LogP contribution >= 0.6 is 11.6 Å². The molecule has 2 fully saturated rings. The summed E-state index contributed by atoms with van der Waals surface area (Å²) in [5.74, 6) is -3.56. The summed E-state index contributed by atoms with van der Waals surface area (Å²) in [6, 6.07) is 14.3. The first-order valence-corrected chi connectivity index (χ1v) is 15.2. The zero-order chi connectivity index (χ0) is 30.8. The van der Waals surface area contributed by atoms with Crippen LogP contribution in [0.2, 0.25) is 5.02 Å². The summed E-state index contributed by atoms with van der Waals surface area (Å²) >= 11 is 6.57. The number of hydrogen-bond donors (Lipinski definition) is 2. The molecule has 0 radical (unpaired) electrons. The number of para-hydroxylation sites is 1. The van der Waals surface area contributed by atoms with E-state index in [4.69, 9.17) is 21.1 Å². The molecule has 4 aliphatic rings. The number of hydrogen-bond acceptors (Lipinski definition) is 7. The SMILES string of the molecule is O=C1CC/C=C\CN(c2ccccc2Cl)C(=O)[C@@H]2N(CCCO)C(=O)[C@H]3[C@H](C(=O)N[C@H](c4ccccc4)CO1)[C@@H]1C=C[C@]23O1. The number of aliphatic hydroxyl groups is 1. The first kappa shape index (κ1) is 30.1. The van der Waals surface area contributed by atoms with Crippen molar-refractivity contribution in [2.45, 2.75) is 43.1 Å². The van der Waals surface area contributed by atoms with Gasteiger partial charge in [0.25, 0.3) is 5.91 Å². The highest BCUT2D eigenvalue weighted by Crippen LogP contribution is 2.55. The van der Waals surface area contributed by atoms with Crippen molar-refractivity contribution in [3.8, 4) is 0 Å². The van der Waals surface area contributed by atoms with Crippen LogP contribution in [-0.2, 0) is 28.7 Å². The third kappa shape index (κ3) is 5.31. The van der Waals surface area contributed by atoms with Crippen LogP contribution in [0.4, 0.5) is 5.69 Å². The van der Waals surface area contributed by atoms with Crippen LogP contribution in [0, 0.1) is 11.8 Å². The van der Waals surface area contributed by atoms with Gasteiger partial charge in [0, 0.05) is 26.1 Å². The molecule has 44 heavy (non-hydrogen) atoms.